The smallest absolute Gasteiger partial charge is 0.267 e. The van der Waals surface area contributed by atoms with E-state index < -0.39 is 5.92 Å². The number of nitrogens with zero attached hydrogens (tertiary/aromatic N) is 6. The Morgan fingerprint density at radius 3 is 2.58 bits per heavy atom. The zero-order valence-corrected chi connectivity index (χ0v) is 14.5. The Balaban J connectivity index is 1.48. The molecule has 0 aromatic carbocycles. The maximum Gasteiger partial charge on any atom is 0.267 e. The van der Waals surface area contributed by atoms with Gasteiger partial charge in [0.25, 0.3) is 5.92 Å². The molecule has 10 heteroatoms. The number of alkyl halides is 2. The Morgan fingerprint density at radius 2 is 1.88 bits per heavy atom. The van der Waals surface area contributed by atoms with Crippen molar-refractivity contribution in [2.75, 3.05) is 42.5 Å². The lowest BCUT2D eigenvalue weighted by Gasteiger charge is -2.34. The van der Waals surface area contributed by atoms with Crippen LogP contribution in [0.15, 0.2) is 6.33 Å². The summed E-state index contributed by atoms with van der Waals surface area (Å²) in [7, 11) is 0. The lowest BCUT2D eigenvalue weighted by atomic mass is 10.1. The van der Waals surface area contributed by atoms with Gasteiger partial charge in [-0.1, -0.05) is 0 Å². The van der Waals surface area contributed by atoms with Crippen molar-refractivity contribution in [3.63, 3.8) is 0 Å². The quantitative estimate of drug-likeness (QED) is 0.818. The summed E-state index contributed by atoms with van der Waals surface area (Å²) in [6.07, 6.45) is 3.65. The van der Waals surface area contributed by atoms with E-state index in [0.29, 0.717) is 25.5 Å². The highest BCUT2D eigenvalue weighted by molar-refractivity contribution is 5.77. The first-order chi connectivity index (χ1) is 12.4. The van der Waals surface area contributed by atoms with Crippen molar-refractivity contribution in [2.45, 2.75) is 43.7 Å². The van der Waals surface area contributed by atoms with Gasteiger partial charge in [-0.2, -0.15) is 4.98 Å². The van der Waals surface area contributed by atoms with Gasteiger partial charge in [0.15, 0.2) is 0 Å². The van der Waals surface area contributed by atoms with E-state index in [1.165, 1.54) is 11.2 Å². The lowest BCUT2D eigenvalue weighted by molar-refractivity contribution is -0.135. The second-order valence-electron chi connectivity index (χ2n) is 7.29. The largest absolute Gasteiger partial charge is 0.337 e. The minimum Gasteiger partial charge on any atom is -0.337 e. The van der Waals surface area contributed by atoms with Crippen LogP contribution in [0.5, 0.6) is 0 Å². The molecule has 1 aromatic rings. The SMILES string of the molecule is N[C@H]1CN(c2ncnc(N3CCC(F)(F)C3)n2)C[C@@H]1N1CCCCC1=O. The molecule has 0 saturated carbocycles. The molecule has 3 fully saturated rings. The Labute approximate surface area is 150 Å². The highest BCUT2D eigenvalue weighted by atomic mass is 19.3. The van der Waals surface area contributed by atoms with Gasteiger partial charge < -0.3 is 20.4 Å². The van der Waals surface area contributed by atoms with Gasteiger partial charge in [0, 0.05) is 45.1 Å². The Bertz CT molecular complexity index is 688. The molecule has 142 valence electrons. The first-order valence-corrected chi connectivity index (χ1v) is 9.05. The predicted octanol–water partition coefficient (Wildman–Crippen LogP) is 0.245. The van der Waals surface area contributed by atoms with E-state index in [1.807, 2.05) is 9.80 Å². The number of aromatic nitrogens is 3. The fraction of sp³-hybridized carbons (Fsp3) is 0.750. The number of nitrogens with two attached hydrogens (primary N) is 1. The van der Waals surface area contributed by atoms with E-state index in [0.717, 1.165) is 19.4 Å². The van der Waals surface area contributed by atoms with Gasteiger partial charge in [0.1, 0.15) is 6.33 Å². The van der Waals surface area contributed by atoms with Crippen LogP contribution < -0.4 is 15.5 Å². The lowest BCUT2D eigenvalue weighted by Crippen LogP contribution is -2.51. The molecule has 0 unspecified atom stereocenters. The molecule has 2 atom stereocenters. The van der Waals surface area contributed by atoms with Gasteiger partial charge in [-0.05, 0) is 12.8 Å². The Morgan fingerprint density at radius 1 is 1.12 bits per heavy atom. The third-order valence-electron chi connectivity index (χ3n) is 5.37. The monoisotopic (exact) mass is 367 g/mol. The van der Waals surface area contributed by atoms with Crippen molar-refractivity contribution in [3.8, 4) is 0 Å². The molecule has 1 amide bonds. The molecule has 0 aliphatic carbocycles. The maximum absolute atomic E-state index is 13.4. The molecule has 8 nitrogen and oxygen atoms in total. The molecule has 3 aliphatic rings. The number of hydrogen-bond acceptors (Lipinski definition) is 7. The second kappa shape index (κ2) is 6.57. The van der Waals surface area contributed by atoms with Crippen LogP contribution in [0.3, 0.4) is 0 Å². The molecule has 1 aromatic heterocycles. The number of carbonyl (C=O) groups is 1. The maximum atomic E-state index is 13.4. The Kier molecular flexibility index (Phi) is 4.37. The number of amides is 1. The number of anilines is 2. The average molecular weight is 367 g/mol. The molecular formula is C16H23F2N7O. The summed E-state index contributed by atoms with van der Waals surface area (Å²) in [6, 6.07) is -0.257. The number of piperidine rings is 1. The summed E-state index contributed by atoms with van der Waals surface area (Å²) < 4.78 is 26.9. The van der Waals surface area contributed by atoms with Gasteiger partial charge in [0.2, 0.25) is 17.8 Å². The van der Waals surface area contributed by atoms with Crippen molar-refractivity contribution in [2.24, 2.45) is 5.73 Å². The first-order valence-electron chi connectivity index (χ1n) is 9.05. The molecule has 2 N–H and O–H groups in total. The molecular weight excluding hydrogens is 344 g/mol. The minimum atomic E-state index is -2.71. The highest BCUT2D eigenvalue weighted by Gasteiger charge is 2.41. The van der Waals surface area contributed by atoms with Crippen LogP contribution in [0.2, 0.25) is 0 Å². The number of carbonyl (C=O) groups excluding carboxylic acids is 1. The van der Waals surface area contributed by atoms with Crippen LogP contribution in [-0.2, 0) is 4.79 Å². The van der Waals surface area contributed by atoms with E-state index in [1.54, 1.807) is 0 Å². The van der Waals surface area contributed by atoms with Crippen LogP contribution in [0, 0.1) is 0 Å². The zero-order valence-electron chi connectivity index (χ0n) is 14.5. The fourth-order valence-electron chi connectivity index (χ4n) is 3.97. The van der Waals surface area contributed by atoms with E-state index in [-0.39, 0.29) is 43.4 Å². The molecule has 26 heavy (non-hydrogen) atoms. The van der Waals surface area contributed by atoms with Crippen molar-refractivity contribution < 1.29 is 13.6 Å². The zero-order chi connectivity index (χ0) is 18.3. The van der Waals surface area contributed by atoms with E-state index in [4.69, 9.17) is 5.73 Å². The summed E-state index contributed by atoms with van der Waals surface area (Å²) >= 11 is 0. The molecule has 4 heterocycles. The van der Waals surface area contributed by atoms with Gasteiger partial charge >= 0.3 is 0 Å². The highest BCUT2D eigenvalue weighted by Crippen LogP contribution is 2.30. The molecule has 0 spiro atoms. The number of rotatable bonds is 3. The van der Waals surface area contributed by atoms with E-state index in [9.17, 15) is 13.6 Å². The molecule has 0 bridgehead atoms. The average Bonchev–Trinajstić information content (AvgIpc) is 3.18. The third-order valence-corrected chi connectivity index (χ3v) is 5.37. The standard InChI is InChI=1S/C16H23F2N7O/c17-16(18)4-6-23(9-16)14-20-10-21-15(22-14)24-7-11(19)12(8-24)25-5-2-1-3-13(25)26/h10-12H,1-9,19H2/t11-,12-/m0/s1. The fourth-order valence-corrected chi connectivity index (χ4v) is 3.97. The number of likely N-dealkylation sites (tertiary alicyclic amines) is 1. The van der Waals surface area contributed by atoms with Crippen LogP contribution in [0.4, 0.5) is 20.7 Å². The van der Waals surface area contributed by atoms with Crippen molar-refractivity contribution >= 4 is 17.8 Å². The van der Waals surface area contributed by atoms with Gasteiger partial charge in [-0.25, -0.2) is 18.7 Å². The van der Waals surface area contributed by atoms with Crippen molar-refractivity contribution in [1.82, 2.24) is 19.9 Å². The molecule has 0 radical (unpaired) electrons. The van der Waals surface area contributed by atoms with Crippen LogP contribution in [0.1, 0.15) is 25.7 Å². The van der Waals surface area contributed by atoms with Crippen LogP contribution in [-0.4, -0.2) is 76.5 Å². The first kappa shape index (κ1) is 17.3. The van der Waals surface area contributed by atoms with Crippen LogP contribution in [0.25, 0.3) is 0 Å². The van der Waals surface area contributed by atoms with E-state index >= 15 is 0 Å². The summed E-state index contributed by atoms with van der Waals surface area (Å²) in [4.78, 5) is 30.1. The predicted molar refractivity (Wildman–Crippen MR) is 91.1 cm³/mol. The van der Waals surface area contributed by atoms with Crippen LogP contribution >= 0.6 is 0 Å². The van der Waals surface area contributed by atoms with Gasteiger partial charge in [-0.15, -0.1) is 0 Å². The van der Waals surface area contributed by atoms with E-state index in [2.05, 4.69) is 15.0 Å². The van der Waals surface area contributed by atoms with Crippen molar-refractivity contribution in [1.29, 1.82) is 0 Å². The van der Waals surface area contributed by atoms with Gasteiger partial charge in [0.05, 0.1) is 12.6 Å². The normalized spacial score (nSPS) is 28.9. The second-order valence-corrected chi connectivity index (χ2v) is 7.29. The molecule has 3 saturated heterocycles. The minimum absolute atomic E-state index is 0.0702. The van der Waals surface area contributed by atoms with Crippen molar-refractivity contribution in [3.05, 3.63) is 6.33 Å². The number of halogens is 2. The summed E-state index contributed by atoms with van der Waals surface area (Å²) in [5, 5.41) is 0. The third kappa shape index (κ3) is 3.29. The Hall–Kier alpha value is -2.10. The van der Waals surface area contributed by atoms with Gasteiger partial charge in [-0.3, -0.25) is 4.79 Å². The summed E-state index contributed by atoms with van der Waals surface area (Å²) in [6.45, 7) is 1.65. The summed E-state index contributed by atoms with van der Waals surface area (Å²) in [5.41, 5.74) is 6.28. The number of hydrogen-bond donors (Lipinski definition) is 1. The summed E-state index contributed by atoms with van der Waals surface area (Å²) in [5.74, 6) is -1.87. The molecule has 3 aliphatic heterocycles. The topological polar surface area (TPSA) is 91.5 Å². The molecule has 4 rings (SSSR count).